The first-order valence-electron chi connectivity index (χ1n) is 9.38. The van der Waals surface area contributed by atoms with Gasteiger partial charge < -0.3 is 13.9 Å². The van der Waals surface area contributed by atoms with Gasteiger partial charge in [-0.2, -0.15) is 0 Å². The molecule has 0 spiro atoms. The van der Waals surface area contributed by atoms with Crippen molar-refractivity contribution in [3.63, 3.8) is 0 Å². The summed E-state index contributed by atoms with van der Waals surface area (Å²) in [4.78, 5) is 20.1. The first kappa shape index (κ1) is 21.3. The molecule has 2 aromatic carbocycles. The van der Waals surface area contributed by atoms with Crippen LogP contribution in [0.25, 0.3) is 6.08 Å². The van der Waals surface area contributed by atoms with Crippen molar-refractivity contribution >= 4 is 50.5 Å². The van der Waals surface area contributed by atoms with Crippen LogP contribution in [0.4, 0.5) is 5.69 Å². The molecule has 1 aliphatic rings. The first-order chi connectivity index (χ1) is 15.1. The van der Waals surface area contributed by atoms with Crippen molar-refractivity contribution < 1.29 is 18.7 Å². The van der Waals surface area contributed by atoms with Gasteiger partial charge in [0.25, 0.3) is 5.91 Å². The third-order valence-corrected chi connectivity index (χ3v) is 5.99. The largest absolute Gasteiger partial charge is 0.493 e. The highest BCUT2D eigenvalue weighted by molar-refractivity contribution is 9.10. The highest BCUT2D eigenvalue weighted by Gasteiger charge is 2.34. The summed E-state index contributed by atoms with van der Waals surface area (Å²) in [5.74, 6) is 1.65. The van der Waals surface area contributed by atoms with E-state index >= 15 is 0 Å². The Morgan fingerprint density at radius 2 is 1.94 bits per heavy atom. The van der Waals surface area contributed by atoms with E-state index in [1.54, 1.807) is 37.5 Å². The van der Waals surface area contributed by atoms with E-state index in [1.165, 1.54) is 11.8 Å². The Balaban J connectivity index is 1.75. The summed E-state index contributed by atoms with van der Waals surface area (Å²) >= 11 is 4.80. The average Bonchev–Trinajstić information content (AvgIpc) is 3.38. The second-order valence-electron chi connectivity index (χ2n) is 6.54. The van der Waals surface area contributed by atoms with Crippen molar-refractivity contribution in [2.45, 2.75) is 6.54 Å². The lowest BCUT2D eigenvalue weighted by Crippen LogP contribution is -2.28. The lowest BCUT2D eigenvalue weighted by atomic mass is 10.1. The molecule has 4 rings (SSSR count). The molecule has 0 saturated carbocycles. The molecular formula is C23H19BrN2O4S. The zero-order valence-corrected chi connectivity index (χ0v) is 19.3. The minimum Gasteiger partial charge on any atom is -0.493 e. The van der Waals surface area contributed by atoms with Crippen LogP contribution in [0.5, 0.6) is 11.5 Å². The van der Waals surface area contributed by atoms with Gasteiger partial charge >= 0.3 is 0 Å². The second-order valence-corrected chi connectivity index (χ2v) is 8.47. The van der Waals surface area contributed by atoms with Gasteiger partial charge in [0.05, 0.1) is 37.6 Å². The van der Waals surface area contributed by atoms with E-state index in [4.69, 9.17) is 18.9 Å². The fourth-order valence-corrected chi connectivity index (χ4v) is 4.55. The Kier molecular flexibility index (Phi) is 6.48. The van der Waals surface area contributed by atoms with Crippen molar-refractivity contribution in [1.82, 2.24) is 4.90 Å². The second kappa shape index (κ2) is 9.45. The van der Waals surface area contributed by atoms with Crippen LogP contribution in [0.1, 0.15) is 11.3 Å². The Bertz CT molecular complexity index is 1140. The van der Waals surface area contributed by atoms with Crippen LogP contribution in [-0.4, -0.2) is 30.2 Å². The number of methoxy groups -OCH3 is 2. The molecule has 0 radical (unpaired) electrons. The van der Waals surface area contributed by atoms with Gasteiger partial charge in [0.15, 0.2) is 16.7 Å². The number of hydrogen-bond acceptors (Lipinski definition) is 6. The topological polar surface area (TPSA) is 64.3 Å². The summed E-state index contributed by atoms with van der Waals surface area (Å²) in [6, 6.07) is 16.9. The number of nitrogens with zero attached hydrogens (tertiary/aromatic N) is 2. The van der Waals surface area contributed by atoms with Crippen molar-refractivity contribution in [3.8, 4) is 11.5 Å². The van der Waals surface area contributed by atoms with Crippen LogP contribution < -0.4 is 9.47 Å². The highest BCUT2D eigenvalue weighted by Crippen LogP contribution is 2.40. The van der Waals surface area contributed by atoms with E-state index in [0.717, 1.165) is 15.7 Å². The smallest absolute Gasteiger partial charge is 0.267 e. The van der Waals surface area contributed by atoms with Gasteiger partial charge in [-0.15, -0.1) is 0 Å². The molecule has 31 heavy (non-hydrogen) atoms. The predicted octanol–water partition coefficient (Wildman–Crippen LogP) is 5.86. The zero-order valence-electron chi connectivity index (χ0n) is 16.9. The fraction of sp³-hybridized carbons (Fsp3) is 0.130. The molecule has 0 unspecified atom stereocenters. The van der Waals surface area contributed by atoms with E-state index in [0.29, 0.717) is 33.9 Å². The van der Waals surface area contributed by atoms with Gasteiger partial charge in [-0.05, 0) is 54.2 Å². The Hall–Kier alpha value is -2.97. The first-order valence-corrected chi connectivity index (χ1v) is 11.0. The zero-order chi connectivity index (χ0) is 21.8. The summed E-state index contributed by atoms with van der Waals surface area (Å²) < 4.78 is 17.2. The van der Waals surface area contributed by atoms with Gasteiger partial charge in [0.2, 0.25) is 0 Å². The minimum absolute atomic E-state index is 0.155. The molecule has 0 N–H and O–H groups in total. The molecule has 1 amide bonds. The van der Waals surface area contributed by atoms with Crippen molar-refractivity contribution in [1.29, 1.82) is 0 Å². The standard InChI is InChI=1S/C23H19BrN2O4S/c1-28-19-13-16(24)11-15(21(19)29-2)12-20-22(27)26(14-18-9-6-10-30-18)23(31-20)25-17-7-4-3-5-8-17/h3-13H,14H2,1-2H3/b20-12+,25-23?. The number of rotatable bonds is 6. The molecule has 0 aliphatic carbocycles. The van der Waals surface area contributed by atoms with Crippen LogP contribution in [0.15, 0.2) is 79.6 Å². The quantitative estimate of drug-likeness (QED) is 0.398. The van der Waals surface area contributed by atoms with E-state index in [2.05, 4.69) is 15.9 Å². The Morgan fingerprint density at radius 1 is 1.13 bits per heavy atom. The van der Waals surface area contributed by atoms with Crippen molar-refractivity contribution in [2.24, 2.45) is 4.99 Å². The molecule has 3 aromatic rings. The molecule has 0 bridgehead atoms. The van der Waals surface area contributed by atoms with Crippen LogP contribution in [0.2, 0.25) is 0 Å². The number of furan rings is 1. The number of hydrogen-bond donors (Lipinski definition) is 0. The summed E-state index contributed by atoms with van der Waals surface area (Å²) in [6.07, 6.45) is 3.38. The van der Waals surface area contributed by atoms with E-state index < -0.39 is 0 Å². The lowest BCUT2D eigenvalue weighted by molar-refractivity contribution is -0.122. The fourth-order valence-electron chi connectivity index (χ4n) is 3.11. The minimum atomic E-state index is -0.155. The number of halogens is 1. The summed E-state index contributed by atoms with van der Waals surface area (Å²) in [6.45, 7) is 0.292. The maximum atomic E-state index is 13.3. The number of aliphatic imine (C=N–C) groups is 1. The van der Waals surface area contributed by atoms with E-state index in [-0.39, 0.29) is 5.91 Å². The van der Waals surface area contributed by atoms with E-state index in [1.807, 2.05) is 48.5 Å². The number of benzene rings is 2. The molecule has 2 heterocycles. The van der Waals surface area contributed by atoms with Crippen LogP contribution in [-0.2, 0) is 11.3 Å². The number of thioether (sulfide) groups is 1. The molecular weight excluding hydrogens is 480 g/mol. The third-order valence-electron chi connectivity index (χ3n) is 4.52. The lowest BCUT2D eigenvalue weighted by Gasteiger charge is -2.14. The van der Waals surface area contributed by atoms with Crippen LogP contribution in [0.3, 0.4) is 0 Å². The average molecular weight is 499 g/mol. The van der Waals surface area contributed by atoms with Gasteiger partial charge in [-0.1, -0.05) is 34.1 Å². The molecule has 6 nitrogen and oxygen atoms in total. The number of para-hydroxylation sites is 1. The molecule has 1 aliphatic heterocycles. The number of ether oxygens (including phenoxy) is 2. The Labute approximate surface area is 192 Å². The highest BCUT2D eigenvalue weighted by atomic mass is 79.9. The molecule has 1 saturated heterocycles. The number of carbonyl (C=O) groups is 1. The van der Waals surface area contributed by atoms with Crippen LogP contribution in [0, 0.1) is 0 Å². The van der Waals surface area contributed by atoms with Crippen molar-refractivity contribution in [3.05, 3.63) is 81.6 Å². The summed E-state index contributed by atoms with van der Waals surface area (Å²) in [7, 11) is 3.15. The molecule has 0 atom stereocenters. The van der Waals surface area contributed by atoms with Gasteiger partial charge in [0, 0.05) is 10.0 Å². The summed E-state index contributed by atoms with van der Waals surface area (Å²) in [5.41, 5.74) is 1.49. The molecule has 8 heteroatoms. The normalized spacial score (nSPS) is 16.4. The van der Waals surface area contributed by atoms with E-state index in [9.17, 15) is 4.79 Å². The number of amides is 1. The van der Waals surface area contributed by atoms with Crippen LogP contribution >= 0.6 is 27.7 Å². The predicted molar refractivity (Wildman–Crippen MR) is 126 cm³/mol. The maximum Gasteiger partial charge on any atom is 0.267 e. The SMILES string of the molecule is COc1cc(Br)cc(/C=C2/SC(=Nc3ccccc3)N(Cc3ccco3)C2=O)c1OC. The third kappa shape index (κ3) is 4.70. The number of amidine groups is 1. The maximum absolute atomic E-state index is 13.3. The summed E-state index contributed by atoms with van der Waals surface area (Å²) in [5, 5.41) is 0.583. The Morgan fingerprint density at radius 3 is 2.61 bits per heavy atom. The van der Waals surface area contributed by atoms with Crippen molar-refractivity contribution in [2.75, 3.05) is 14.2 Å². The van der Waals surface area contributed by atoms with Gasteiger partial charge in [0.1, 0.15) is 5.76 Å². The number of carbonyl (C=O) groups excluding carboxylic acids is 1. The molecule has 158 valence electrons. The van der Waals surface area contributed by atoms with Gasteiger partial charge in [-0.25, -0.2) is 4.99 Å². The monoisotopic (exact) mass is 498 g/mol. The molecule has 1 aromatic heterocycles. The molecule has 1 fully saturated rings. The van der Waals surface area contributed by atoms with Gasteiger partial charge in [-0.3, -0.25) is 9.69 Å².